The number of ether oxygens (including phenoxy) is 2. The van der Waals surface area contributed by atoms with Crippen LogP contribution in [0.5, 0.6) is 11.6 Å². The molecule has 1 saturated heterocycles. The van der Waals surface area contributed by atoms with E-state index in [0.29, 0.717) is 22.9 Å². The van der Waals surface area contributed by atoms with Crippen LogP contribution < -0.4 is 10.1 Å². The topological polar surface area (TPSA) is 92.4 Å². The highest BCUT2D eigenvalue weighted by molar-refractivity contribution is 6.13. The van der Waals surface area contributed by atoms with Crippen LogP contribution in [0.15, 0.2) is 85.5 Å². The third kappa shape index (κ3) is 5.82. The molecule has 0 spiro atoms. The summed E-state index contributed by atoms with van der Waals surface area (Å²) in [7, 11) is 0. The molecule has 2 N–H and O–H groups in total. The maximum Gasteiger partial charge on any atom is 0.257 e. The standard InChI is InChI=1S/C31H29N5O3/c1-21-2-6-26(7-3-21)39-30-9-5-25(18-34-30)35-31(37)28-19-33-29-8-4-23(15-27(28)29)24-14-22(16-32-17-24)20-36-10-12-38-13-11-36/h2-9,14-19,33H,10-13,20H2,1H3,(H,35,37). The number of aromatic amines is 1. The van der Waals surface area contributed by atoms with Crippen molar-refractivity contribution < 1.29 is 14.3 Å². The van der Waals surface area contributed by atoms with Gasteiger partial charge >= 0.3 is 0 Å². The fourth-order valence-corrected chi connectivity index (χ4v) is 4.68. The van der Waals surface area contributed by atoms with Crippen molar-refractivity contribution in [2.45, 2.75) is 13.5 Å². The molecule has 3 aromatic heterocycles. The van der Waals surface area contributed by atoms with E-state index in [4.69, 9.17) is 9.47 Å². The zero-order valence-electron chi connectivity index (χ0n) is 21.7. The summed E-state index contributed by atoms with van der Waals surface area (Å²) in [5.41, 5.74) is 6.37. The Morgan fingerprint density at radius 2 is 1.85 bits per heavy atom. The van der Waals surface area contributed by atoms with Crippen LogP contribution in [0.3, 0.4) is 0 Å². The number of carbonyl (C=O) groups is 1. The average Bonchev–Trinajstić information content (AvgIpc) is 3.40. The molecule has 1 amide bonds. The Morgan fingerprint density at radius 1 is 1.00 bits per heavy atom. The molecule has 8 nitrogen and oxygen atoms in total. The smallest absolute Gasteiger partial charge is 0.257 e. The second-order valence-electron chi connectivity index (χ2n) is 9.69. The second kappa shape index (κ2) is 11.1. The van der Waals surface area contributed by atoms with Crippen molar-refractivity contribution in [3.63, 3.8) is 0 Å². The minimum atomic E-state index is -0.216. The molecule has 2 aromatic carbocycles. The number of aromatic nitrogens is 3. The number of rotatable bonds is 7. The summed E-state index contributed by atoms with van der Waals surface area (Å²) in [4.78, 5) is 27.6. The fourth-order valence-electron chi connectivity index (χ4n) is 4.68. The summed E-state index contributed by atoms with van der Waals surface area (Å²) >= 11 is 0. The van der Waals surface area contributed by atoms with Gasteiger partial charge in [0.25, 0.3) is 5.91 Å². The average molecular weight is 520 g/mol. The van der Waals surface area contributed by atoms with Gasteiger partial charge < -0.3 is 19.8 Å². The number of benzene rings is 2. The van der Waals surface area contributed by atoms with Crippen LogP contribution >= 0.6 is 0 Å². The Hall–Kier alpha value is -4.53. The molecule has 0 atom stereocenters. The lowest BCUT2D eigenvalue weighted by Gasteiger charge is -2.26. The van der Waals surface area contributed by atoms with Crippen LogP contribution in [0.25, 0.3) is 22.0 Å². The van der Waals surface area contributed by atoms with E-state index in [9.17, 15) is 4.79 Å². The van der Waals surface area contributed by atoms with Crippen molar-refractivity contribution in [3.05, 3.63) is 102 Å². The third-order valence-electron chi connectivity index (χ3n) is 6.80. The van der Waals surface area contributed by atoms with Gasteiger partial charge in [0.2, 0.25) is 5.88 Å². The number of pyridine rings is 2. The zero-order chi connectivity index (χ0) is 26.6. The molecule has 1 fully saturated rings. The molecule has 6 rings (SSSR count). The van der Waals surface area contributed by atoms with E-state index in [2.05, 4.69) is 31.2 Å². The van der Waals surface area contributed by atoms with Crippen LogP contribution in [-0.2, 0) is 11.3 Å². The van der Waals surface area contributed by atoms with E-state index in [0.717, 1.165) is 66.0 Å². The van der Waals surface area contributed by atoms with E-state index in [-0.39, 0.29) is 5.91 Å². The molecule has 0 unspecified atom stereocenters. The van der Waals surface area contributed by atoms with E-state index in [1.54, 1.807) is 24.5 Å². The van der Waals surface area contributed by atoms with Crippen molar-refractivity contribution in [2.75, 3.05) is 31.6 Å². The van der Waals surface area contributed by atoms with Gasteiger partial charge in [0.15, 0.2) is 0 Å². The van der Waals surface area contributed by atoms with Gasteiger partial charge in [-0.15, -0.1) is 0 Å². The summed E-state index contributed by atoms with van der Waals surface area (Å²) in [6.07, 6.45) is 7.10. The van der Waals surface area contributed by atoms with Crippen LogP contribution in [-0.4, -0.2) is 52.1 Å². The van der Waals surface area contributed by atoms with Gasteiger partial charge in [0.05, 0.1) is 30.7 Å². The van der Waals surface area contributed by atoms with Gasteiger partial charge in [-0.1, -0.05) is 23.8 Å². The number of morpholine rings is 1. The lowest BCUT2D eigenvalue weighted by molar-refractivity contribution is 0.0341. The highest BCUT2D eigenvalue weighted by Gasteiger charge is 2.15. The quantitative estimate of drug-likeness (QED) is 0.282. The Balaban J connectivity index is 1.17. The largest absolute Gasteiger partial charge is 0.439 e. The molecule has 4 heterocycles. The molecule has 5 aromatic rings. The summed E-state index contributed by atoms with van der Waals surface area (Å²) in [6.45, 7) is 6.25. The Bertz CT molecular complexity index is 1590. The van der Waals surface area contributed by atoms with E-state index >= 15 is 0 Å². The number of amides is 1. The third-order valence-corrected chi connectivity index (χ3v) is 6.80. The lowest BCUT2D eigenvalue weighted by Crippen LogP contribution is -2.35. The van der Waals surface area contributed by atoms with Crippen molar-refractivity contribution in [2.24, 2.45) is 0 Å². The highest BCUT2D eigenvalue weighted by Crippen LogP contribution is 2.28. The summed E-state index contributed by atoms with van der Waals surface area (Å²) in [5, 5.41) is 3.79. The first-order valence-corrected chi connectivity index (χ1v) is 13.0. The zero-order valence-corrected chi connectivity index (χ0v) is 21.7. The van der Waals surface area contributed by atoms with Crippen molar-refractivity contribution in [3.8, 4) is 22.8 Å². The number of carbonyl (C=O) groups excluding carboxylic acids is 1. The van der Waals surface area contributed by atoms with Gasteiger partial charge in [-0.05, 0) is 54.4 Å². The van der Waals surface area contributed by atoms with Crippen LogP contribution in [0, 0.1) is 6.92 Å². The monoisotopic (exact) mass is 519 g/mol. The number of hydrogen-bond acceptors (Lipinski definition) is 6. The van der Waals surface area contributed by atoms with Gasteiger partial charge in [-0.3, -0.25) is 14.7 Å². The minimum Gasteiger partial charge on any atom is -0.439 e. The molecule has 39 heavy (non-hydrogen) atoms. The Kier molecular flexibility index (Phi) is 7.03. The minimum absolute atomic E-state index is 0.216. The number of hydrogen-bond donors (Lipinski definition) is 2. The van der Waals surface area contributed by atoms with Gasteiger partial charge in [0.1, 0.15) is 5.75 Å². The molecule has 1 aliphatic heterocycles. The molecule has 1 aliphatic rings. The van der Waals surface area contributed by atoms with Crippen LogP contribution in [0.4, 0.5) is 5.69 Å². The number of anilines is 1. The maximum atomic E-state index is 13.2. The van der Waals surface area contributed by atoms with Gasteiger partial charge in [-0.2, -0.15) is 0 Å². The van der Waals surface area contributed by atoms with E-state index < -0.39 is 0 Å². The van der Waals surface area contributed by atoms with Gasteiger partial charge in [-0.25, -0.2) is 4.98 Å². The molecular weight excluding hydrogens is 490 g/mol. The molecule has 8 heteroatoms. The maximum absolute atomic E-state index is 13.2. The predicted molar refractivity (Wildman–Crippen MR) is 151 cm³/mol. The molecular formula is C31H29N5O3. The number of aryl methyl sites for hydroxylation is 1. The van der Waals surface area contributed by atoms with Crippen LogP contribution in [0.2, 0.25) is 0 Å². The van der Waals surface area contributed by atoms with Crippen molar-refractivity contribution in [1.29, 1.82) is 0 Å². The normalized spacial score (nSPS) is 13.9. The van der Waals surface area contributed by atoms with Crippen LogP contribution in [0.1, 0.15) is 21.5 Å². The van der Waals surface area contributed by atoms with E-state index in [1.807, 2.05) is 61.8 Å². The molecule has 0 bridgehead atoms. The SMILES string of the molecule is Cc1ccc(Oc2ccc(NC(=O)c3c[nH]c4ccc(-c5cncc(CN6CCOCC6)c5)cc34)cn2)cc1. The van der Waals surface area contributed by atoms with Gasteiger partial charge in [0, 0.05) is 60.8 Å². The number of fused-ring (bicyclic) bond motifs is 1. The van der Waals surface area contributed by atoms with Crippen molar-refractivity contribution >= 4 is 22.5 Å². The Labute approximate surface area is 226 Å². The molecule has 0 saturated carbocycles. The Morgan fingerprint density at radius 3 is 2.64 bits per heavy atom. The number of nitrogens with zero attached hydrogens (tertiary/aromatic N) is 3. The second-order valence-corrected chi connectivity index (χ2v) is 9.69. The first kappa shape index (κ1) is 24.8. The predicted octanol–water partition coefficient (Wildman–Crippen LogP) is 5.81. The summed E-state index contributed by atoms with van der Waals surface area (Å²) in [6, 6.07) is 19.5. The fraction of sp³-hybridized carbons (Fsp3) is 0.194. The number of H-pyrrole nitrogens is 1. The molecule has 196 valence electrons. The molecule has 0 radical (unpaired) electrons. The first-order chi connectivity index (χ1) is 19.1. The molecule has 0 aliphatic carbocycles. The highest BCUT2D eigenvalue weighted by atomic mass is 16.5. The summed E-state index contributed by atoms with van der Waals surface area (Å²) < 4.78 is 11.2. The lowest BCUT2D eigenvalue weighted by atomic mass is 10.0. The first-order valence-electron chi connectivity index (χ1n) is 13.0. The number of nitrogens with one attached hydrogen (secondary N) is 2. The summed E-state index contributed by atoms with van der Waals surface area (Å²) in [5.74, 6) is 0.950. The van der Waals surface area contributed by atoms with Crippen molar-refractivity contribution in [1.82, 2.24) is 19.9 Å². The van der Waals surface area contributed by atoms with E-state index in [1.165, 1.54) is 0 Å².